The van der Waals surface area contributed by atoms with Crippen LogP contribution in [-0.2, 0) is 0 Å². The molecule has 6 aromatic carbocycles. The van der Waals surface area contributed by atoms with Gasteiger partial charge in [-0.1, -0.05) is 110 Å². The van der Waals surface area contributed by atoms with Crippen LogP contribution in [0.4, 0.5) is 45.8 Å². The fourth-order valence-corrected chi connectivity index (χ4v) is 6.16. The molecule has 0 radical (unpaired) electrons. The molecule has 0 aliphatic rings. The van der Waals surface area contributed by atoms with E-state index in [1.807, 2.05) is 97.1 Å². The Labute approximate surface area is 301 Å². The quantitative estimate of drug-likeness (QED) is 0.150. The zero-order chi connectivity index (χ0) is 35.3. The van der Waals surface area contributed by atoms with Crippen LogP contribution in [0.3, 0.4) is 0 Å². The molecule has 8 heteroatoms. The molecule has 0 amide bonds. The SMILES string of the molecule is [C-]#[N+]c1nc2nc(-c3ccc(N(c4ccccc4)c4ccccc4)cc3)c(-c3ccc(N(c4ccccc4)c4ccccc4)cc3)nc2nc1[N+]#[C-]. The minimum atomic E-state index is -0.0986. The highest BCUT2D eigenvalue weighted by molar-refractivity contribution is 5.87. The standard InChI is InChI=1S/C44H28N8/c1-45-41-42(46-2)50-44-43(49-41)47-39(31-23-27-37(28-24-31)51(33-15-7-3-8-16-33)34-17-9-4-10-18-34)40(48-44)32-25-29-38(30-26-32)52(35-19-11-5-12-20-35)36-21-13-6-14-22-36/h3-30H. The average Bonchev–Trinajstić information content (AvgIpc) is 3.22. The van der Waals surface area contributed by atoms with Gasteiger partial charge >= 0.3 is 11.3 Å². The second-order valence-electron chi connectivity index (χ2n) is 11.8. The molecule has 0 aliphatic carbocycles. The third kappa shape index (κ3) is 6.16. The average molecular weight is 669 g/mol. The summed E-state index contributed by atoms with van der Waals surface area (Å²) in [6, 6.07) is 57.2. The van der Waals surface area contributed by atoms with Gasteiger partial charge in [0.05, 0.1) is 0 Å². The smallest absolute Gasteiger partial charge is 0.316 e. The second kappa shape index (κ2) is 14.0. The van der Waals surface area contributed by atoms with E-state index in [9.17, 15) is 0 Å². The molecule has 0 saturated heterocycles. The van der Waals surface area contributed by atoms with Gasteiger partial charge in [-0.15, -0.1) is 9.97 Å². The third-order valence-corrected chi connectivity index (χ3v) is 8.55. The summed E-state index contributed by atoms with van der Waals surface area (Å²) in [5.74, 6) is -0.197. The van der Waals surface area contributed by atoms with E-state index >= 15 is 0 Å². The number of nitrogens with zero attached hydrogens (tertiary/aromatic N) is 8. The van der Waals surface area contributed by atoms with Crippen LogP contribution >= 0.6 is 0 Å². The zero-order valence-electron chi connectivity index (χ0n) is 27.7. The van der Waals surface area contributed by atoms with Crippen molar-refractivity contribution in [1.82, 2.24) is 19.9 Å². The fraction of sp³-hybridized carbons (Fsp3) is 0. The Morgan fingerprint density at radius 2 is 0.596 bits per heavy atom. The Hall–Kier alpha value is -7.68. The lowest BCUT2D eigenvalue weighted by molar-refractivity contribution is 1.18. The van der Waals surface area contributed by atoms with Gasteiger partial charge < -0.3 is 19.5 Å². The van der Waals surface area contributed by atoms with E-state index < -0.39 is 0 Å². The Balaban J connectivity index is 1.25. The van der Waals surface area contributed by atoms with Gasteiger partial charge in [-0.25, -0.2) is 0 Å². The molecule has 2 heterocycles. The molecule has 0 saturated carbocycles. The van der Waals surface area contributed by atoms with Gasteiger partial charge in [0.1, 0.15) is 11.4 Å². The fourth-order valence-electron chi connectivity index (χ4n) is 6.16. The van der Waals surface area contributed by atoms with Crippen LogP contribution in [0.2, 0.25) is 0 Å². The molecule has 0 N–H and O–H groups in total. The molecule has 0 unspecified atom stereocenters. The van der Waals surface area contributed by atoms with Crippen molar-refractivity contribution >= 4 is 57.1 Å². The maximum Gasteiger partial charge on any atom is 0.316 e. The maximum atomic E-state index is 7.56. The van der Waals surface area contributed by atoms with Crippen molar-refractivity contribution < 1.29 is 0 Å². The van der Waals surface area contributed by atoms with Crippen LogP contribution in [0.25, 0.3) is 43.5 Å². The van der Waals surface area contributed by atoms with Crippen LogP contribution in [0.5, 0.6) is 0 Å². The van der Waals surface area contributed by atoms with Crippen molar-refractivity contribution in [2.45, 2.75) is 0 Å². The van der Waals surface area contributed by atoms with Crippen molar-refractivity contribution in [2.75, 3.05) is 9.80 Å². The molecule has 0 spiro atoms. The molecule has 0 atom stereocenters. The zero-order valence-corrected chi connectivity index (χ0v) is 27.7. The van der Waals surface area contributed by atoms with Crippen molar-refractivity contribution in [3.05, 3.63) is 193 Å². The molecular formula is C44H28N8. The summed E-state index contributed by atoms with van der Waals surface area (Å²) in [4.78, 5) is 29.9. The van der Waals surface area contributed by atoms with E-state index in [2.05, 4.69) is 102 Å². The molecule has 8 aromatic rings. The molecule has 244 valence electrons. The normalized spacial score (nSPS) is 10.7. The van der Waals surface area contributed by atoms with Gasteiger partial charge in [-0.05, 0) is 72.8 Å². The maximum absolute atomic E-state index is 7.56. The minimum absolute atomic E-state index is 0.0986. The lowest BCUT2D eigenvalue weighted by Crippen LogP contribution is -2.09. The number of benzene rings is 6. The lowest BCUT2D eigenvalue weighted by atomic mass is 10.0. The van der Waals surface area contributed by atoms with E-state index in [-0.39, 0.29) is 22.9 Å². The van der Waals surface area contributed by atoms with E-state index in [1.165, 1.54) is 0 Å². The highest BCUT2D eigenvalue weighted by atomic mass is 15.1. The molecular weight excluding hydrogens is 641 g/mol. The van der Waals surface area contributed by atoms with Crippen molar-refractivity contribution in [3.63, 3.8) is 0 Å². The summed E-state index contributed by atoms with van der Waals surface area (Å²) in [5.41, 5.74) is 9.27. The molecule has 0 bridgehead atoms. The molecule has 0 fully saturated rings. The van der Waals surface area contributed by atoms with E-state index in [1.54, 1.807) is 0 Å². The first-order valence-electron chi connectivity index (χ1n) is 16.6. The van der Waals surface area contributed by atoms with E-state index in [0.29, 0.717) is 11.4 Å². The van der Waals surface area contributed by atoms with Gasteiger partial charge in [0.15, 0.2) is 0 Å². The highest BCUT2D eigenvalue weighted by Crippen LogP contribution is 2.39. The van der Waals surface area contributed by atoms with Gasteiger partial charge in [0.25, 0.3) is 11.6 Å². The largest absolute Gasteiger partial charge is 0.370 e. The van der Waals surface area contributed by atoms with Crippen molar-refractivity contribution in [2.24, 2.45) is 0 Å². The number of rotatable bonds is 8. The Morgan fingerprint density at radius 1 is 0.327 bits per heavy atom. The highest BCUT2D eigenvalue weighted by Gasteiger charge is 2.22. The van der Waals surface area contributed by atoms with Crippen molar-refractivity contribution in [1.29, 1.82) is 0 Å². The molecule has 52 heavy (non-hydrogen) atoms. The van der Waals surface area contributed by atoms with Gasteiger partial charge in [0, 0.05) is 45.3 Å². The van der Waals surface area contributed by atoms with Crippen LogP contribution in [-0.4, -0.2) is 19.9 Å². The Bertz CT molecular complexity index is 2300. The summed E-state index contributed by atoms with van der Waals surface area (Å²) in [5, 5.41) is 0. The summed E-state index contributed by atoms with van der Waals surface area (Å²) in [6.45, 7) is 15.1. The number of fused-ring (bicyclic) bond motifs is 1. The van der Waals surface area contributed by atoms with Crippen LogP contribution in [0.15, 0.2) is 170 Å². The van der Waals surface area contributed by atoms with E-state index in [4.69, 9.17) is 23.1 Å². The summed E-state index contributed by atoms with van der Waals surface area (Å²) < 4.78 is 0. The van der Waals surface area contributed by atoms with Gasteiger partial charge in [0.2, 0.25) is 0 Å². The van der Waals surface area contributed by atoms with Crippen LogP contribution in [0.1, 0.15) is 0 Å². The van der Waals surface area contributed by atoms with Gasteiger partial charge in [-0.3, -0.25) is 0 Å². The number of anilines is 6. The van der Waals surface area contributed by atoms with Crippen LogP contribution < -0.4 is 9.80 Å². The van der Waals surface area contributed by atoms with Gasteiger partial charge in [-0.2, -0.15) is 9.97 Å². The summed E-state index contributed by atoms with van der Waals surface area (Å²) in [7, 11) is 0. The summed E-state index contributed by atoms with van der Waals surface area (Å²) in [6.07, 6.45) is 0. The number of hydrogen-bond acceptors (Lipinski definition) is 6. The Morgan fingerprint density at radius 3 is 0.865 bits per heavy atom. The molecule has 0 aliphatic heterocycles. The first-order chi connectivity index (χ1) is 25.7. The molecule has 2 aromatic heterocycles. The Kier molecular flexibility index (Phi) is 8.53. The lowest BCUT2D eigenvalue weighted by Gasteiger charge is -2.25. The first kappa shape index (κ1) is 31.6. The minimum Gasteiger partial charge on any atom is -0.370 e. The molecule has 8 nitrogen and oxygen atoms in total. The summed E-state index contributed by atoms with van der Waals surface area (Å²) >= 11 is 0. The third-order valence-electron chi connectivity index (χ3n) is 8.55. The second-order valence-corrected chi connectivity index (χ2v) is 11.8. The topological polar surface area (TPSA) is 66.8 Å². The predicted molar refractivity (Wildman–Crippen MR) is 208 cm³/mol. The first-order valence-corrected chi connectivity index (χ1v) is 16.6. The monoisotopic (exact) mass is 668 g/mol. The number of aromatic nitrogens is 4. The predicted octanol–water partition coefficient (Wildman–Crippen LogP) is 11.8. The van der Waals surface area contributed by atoms with Crippen molar-refractivity contribution in [3.8, 4) is 22.5 Å². The molecule has 8 rings (SSSR count). The van der Waals surface area contributed by atoms with E-state index in [0.717, 1.165) is 45.3 Å². The number of para-hydroxylation sites is 4. The number of hydrogen-bond donors (Lipinski definition) is 0. The van der Waals surface area contributed by atoms with Crippen LogP contribution in [0, 0.1) is 13.1 Å².